The molecule has 0 aliphatic rings. The summed E-state index contributed by atoms with van der Waals surface area (Å²) in [4.78, 5) is 11.6. The van der Waals surface area contributed by atoms with Crippen molar-refractivity contribution < 1.29 is 14.3 Å². The second kappa shape index (κ2) is 5.71. The van der Waals surface area contributed by atoms with Gasteiger partial charge >= 0.3 is 5.97 Å². The van der Waals surface area contributed by atoms with Crippen molar-refractivity contribution in [1.82, 2.24) is 0 Å². The first kappa shape index (κ1) is 14.0. The molecular formula is C13H11BrFNO2S. The third-order valence-electron chi connectivity index (χ3n) is 2.62. The van der Waals surface area contributed by atoms with E-state index in [2.05, 4.69) is 21.2 Å². The van der Waals surface area contributed by atoms with E-state index in [0.29, 0.717) is 16.7 Å². The first-order chi connectivity index (χ1) is 8.97. The Balaban J connectivity index is 2.09. The first-order valence-electron chi connectivity index (χ1n) is 5.47. The lowest BCUT2D eigenvalue weighted by molar-refractivity contribution is 0.0697. The van der Waals surface area contributed by atoms with E-state index in [9.17, 15) is 9.18 Å². The molecule has 2 aromatic rings. The minimum absolute atomic E-state index is 0.278. The molecule has 0 radical (unpaired) electrons. The van der Waals surface area contributed by atoms with Crippen molar-refractivity contribution in [3.8, 4) is 0 Å². The summed E-state index contributed by atoms with van der Waals surface area (Å²) >= 11 is 4.49. The van der Waals surface area contributed by atoms with Crippen molar-refractivity contribution in [2.45, 2.75) is 13.5 Å². The summed E-state index contributed by atoms with van der Waals surface area (Å²) < 4.78 is 13.9. The van der Waals surface area contributed by atoms with Gasteiger partial charge < -0.3 is 10.4 Å². The largest absolute Gasteiger partial charge is 0.478 e. The van der Waals surface area contributed by atoms with Crippen LogP contribution in [0.4, 0.5) is 10.1 Å². The summed E-state index contributed by atoms with van der Waals surface area (Å²) in [7, 11) is 0. The van der Waals surface area contributed by atoms with E-state index in [-0.39, 0.29) is 11.4 Å². The minimum Gasteiger partial charge on any atom is -0.478 e. The van der Waals surface area contributed by atoms with Gasteiger partial charge in [-0.05, 0) is 46.6 Å². The number of aryl methyl sites for hydroxylation is 1. The summed E-state index contributed by atoms with van der Waals surface area (Å²) in [5.41, 5.74) is 1.90. The van der Waals surface area contributed by atoms with Crippen LogP contribution in [-0.2, 0) is 6.54 Å². The minimum atomic E-state index is -0.937. The van der Waals surface area contributed by atoms with E-state index in [0.717, 1.165) is 10.4 Å². The molecule has 0 aliphatic heterocycles. The lowest BCUT2D eigenvalue weighted by Crippen LogP contribution is -2.00. The fourth-order valence-corrected chi connectivity index (χ4v) is 2.86. The predicted molar refractivity (Wildman–Crippen MR) is 77.4 cm³/mol. The van der Waals surface area contributed by atoms with E-state index < -0.39 is 5.97 Å². The summed E-state index contributed by atoms with van der Waals surface area (Å²) in [6.45, 7) is 2.35. The van der Waals surface area contributed by atoms with Gasteiger partial charge in [-0.2, -0.15) is 0 Å². The maximum Gasteiger partial charge on any atom is 0.336 e. The van der Waals surface area contributed by atoms with Gasteiger partial charge in [-0.25, -0.2) is 9.18 Å². The Morgan fingerprint density at radius 1 is 1.47 bits per heavy atom. The zero-order chi connectivity index (χ0) is 14.0. The molecule has 0 atom stereocenters. The molecule has 1 aromatic carbocycles. The number of carbonyl (C=O) groups is 1. The highest BCUT2D eigenvalue weighted by Crippen LogP contribution is 2.25. The van der Waals surface area contributed by atoms with Crippen LogP contribution < -0.4 is 5.32 Å². The van der Waals surface area contributed by atoms with Gasteiger partial charge in [-0.15, -0.1) is 11.3 Å². The van der Waals surface area contributed by atoms with Crippen molar-refractivity contribution >= 4 is 38.9 Å². The maximum absolute atomic E-state index is 13.4. The summed E-state index contributed by atoms with van der Waals surface area (Å²) in [5.74, 6) is -1.26. The second-order valence-electron chi connectivity index (χ2n) is 4.04. The molecular weight excluding hydrogens is 333 g/mol. The van der Waals surface area contributed by atoms with Crippen molar-refractivity contribution in [3.63, 3.8) is 0 Å². The standard InChI is InChI=1S/C13H11BrFNO2S/c1-7-2-10(14)11(15)4-12(7)16-5-9-3-8(6-19-9)13(17)18/h2-4,6,16H,5H2,1H3,(H,17,18). The molecule has 0 unspecified atom stereocenters. The van der Waals surface area contributed by atoms with E-state index in [1.54, 1.807) is 17.5 Å². The van der Waals surface area contributed by atoms with Gasteiger partial charge in [0.2, 0.25) is 0 Å². The lowest BCUT2D eigenvalue weighted by atomic mass is 10.2. The molecule has 19 heavy (non-hydrogen) atoms. The maximum atomic E-state index is 13.4. The molecule has 3 nitrogen and oxygen atoms in total. The molecule has 1 aromatic heterocycles. The van der Waals surface area contributed by atoms with Crippen LogP contribution in [0.3, 0.4) is 0 Å². The van der Waals surface area contributed by atoms with Crippen molar-refractivity contribution in [2.75, 3.05) is 5.32 Å². The van der Waals surface area contributed by atoms with Crippen LogP contribution in [0.2, 0.25) is 0 Å². The Hall–Kier alpha value is -1.40. The van der Waals surface area contributed by atoms with Crippen LogP contribution in [0.5, 0.6) is 0 Å². The molecule has 2 rings (SSSR count). The van der Waals surface area contributed by atoms with Gasteiger partial charge in [-0.1, -0.05) is 0 Å². The van der Waals surface area contributed by atoms with Crippen LogP contribution in [0.15, 0.2) is 28.1 Å². The van der Waals surface area contributed by atoms with Crippen LogP contribution in [0.1, 0.15) is 20.8 Å². The summed E-state index contributed by atoms with van der Waals surface area (Å²) in [5, 5.41) is 13.5. The zero-order valence-corrected chi connectivity index (χ0v) is 12.4. The molecule has 0 saturated heterocycles. The smallest absolute Gasteiger partial charge is 0.336 e. The molecule has 0 amide bonds. The normalized spacial score (nSPS) is 10.5. The number of hydrogen-bond donors (Lipinski definition) is 2. The molecule has 0 fully saturated rings. The van der Waals surface area contributed by atoms with Crippen molar-refractivity contribution in [2.24, 2.45) is 0 Å². The number of benzene rings is 1. The molecule has 6 heteroatoms. The highest BCUT2D eigenvalue weighted by Gasteiger charge is 2.08. The number of hydrogen-bond acceptors (Lipinski definition) is 3. The lowest BCUT2D eigenvalue weighted by Gasteiger charge is -2.09. The van der Waals surface area contributed by atoms with Crippen LogP contribution >= 0.6 is 27.3 Å². The van der Waals surface area contributed by atoms with E-state index >= 15 is 0 Å². The van der Waals surface area contributed by atoms with Crippen molar-refractivity contribution in [1.29, 1.82) is 0 Å². The number of carboxylic acid groups (broad SMARTS) is 1. The highest BCUT2D eigenvalue weighted by atomic mass is 79.9. The zero-order valence-electron chi connectivity index (χ0n) is 10.0. The Morgan fingerprint density at radius 3 is 2.84 bits per heavy atom. The molecule has 0 saturated carbocycles. The summed E-state index contributed by atoms with van der Waals surface area (Å²) in [6.07, 6.45) is 0. The highest BCUT2D eigenvalue weighted by molar-refractivity contribution is 9.10. The van der Waals surface area contributed by atoms with E-state index in [4.69, 9.17) is 5.11 Å². The molecule has 0 bridgehead atoms. The van der Waals surface area contributed by atoms with Gasteiger partial charge in [0.1, 0.15) is 5.82 Å². The quantitative estimate of drug-likeness (QED) is 0.871. The third kappa shape index (κ3) is 3.33. The fourth-order valence-electron chi connectivity index (χ4n) is 1.60. The fraction of sp³-hybridized carbons (Fsp3) is 0.154. The average Bonchev–Trinajstić information content (AvgIpc) is 2.81. The average molecular weight is 344 g/mol. The Labute approximate surface area is 122 Å². The Morgan fingerprint density at radius 2 is 2.21 bits per heavy atom. The summed E-state index contributed by atoms with van der Waals surface area (Å²) in [6, 6.07) is 4.74. The first-order valence-corrected chi connectivity index (χ1v) is 7.15. The molecule has 0 spiro atoms. The van der Waals surface area contributed by atoms with E-state index in [1.165, 1.54) is 17.4 Å². The number of halogens is 2. The van der Waals surface area contributed by atoms with Gasteiger partial charge in [0.05, 0.1) is 10.0 Å². The molecule has 0 aliphatic carbocycles. The van der Waals surface area contributed by atoms with E-state index in [1.807, 2.05) is 6.92 Å². The monoisotopic (exact) mass is 343 g/mol. The number of carboxylic acids is 1. The van der Waals surface area contributed by atoms with Gasteiger partial charge in [-0.3, -0.25) is 0 Å². The molecule has 100 valence electrons. The topological polar surface area (TPSA) is 49.3 Å². The SMILES string of the molecule is Cc1cc(Br)c(F)cc1NCc1cc(C(=O)O)cs1. The Kier molecular flexibility index (Phi) is 4.21. The number of aromatic carboxylic acids is 1. The van der Waals surface area contributed by atoms with Gasteiger partial charge in [0.25, 0.3) is 0 Å². The van der Waals surface area contributed by atoms with Crippen LogP contribution in [0, 0.1) is 12.7 Å². The number of nitrogens with one attached hydrogen (secondary N) is 1. The number of thiophene rings is 1. The number of rotatable bonds is 4. The Bertz CT molecular complexity index is 627. The van der Waals surface area contributed by atoms with Gasteiger partial charge in [0.15, 0.2) is 0 Å². The van der Waals surface area contributed by atoms with Gasteiger partial charge in [0, 0.05) is 22.5 Å². The molecule has 1 heterocycles. The third-order valence-corrected chi connectivity index (χ3v) is 4.17. The number of anilines is 1. The van der Waals surface area contributed by atoms with Crippen LogP contribution in [-0.4, -0.2) is 11.1 Å². The molecule has 2 N–H and O–H groups in total. The van der Waals surface area contributed by atoms with Crippen LogP contribution in [0.25, 0.3) is 0 Å². The van der Waals surface area contributed by atoms with Crippen molar-refractivity contribution in [3.05, 3.63) is 49.9 Å². The predicted octanol–water partition coefficient (Wildman–Crippen LogP) is 4.27. The second-order valence-corrected chi connectivity index (χ2v) is 5.89.